The number of carbonyl (C=O) groups is 1. The average molecular weight is 404 g/mol. The van der Waals surface area contributed by atoms with Crippen molar-refractivity contribution in [3.05, 3.63) is 47.1 Å². The zero-order valence-corrected chi connectivity index (χ0v) is 16.1. The number of likely N-dealkylation sites (tertiary alicyclic amines) is 1. The lowest BCUT2D eigenvalue weighted by atomic mass is 9.93. The summed E-state index contributed by atoms with van der Waals surface area (Å²) >= 11 is 5.73. The Morgan fingerprint density at radius 1 is 1.29 bits per heavy atom. The molecule has 0 atom stereocenters. The quantitative estimate of drug-likeness (QED) is 0.669. The highest BCUT2D eigenvalue weighted by Gasteiger charge is 2.28. The van der Waals surface area contributed by atoms with Gasteiger partial charge in [-0.3, -0.25) is 4.79 Å². The molecule has 9 heteroatoms. The zero-order chi connectivity index (χ0) is 19.7. The van der Waals surface area contributed by atoms with Gasteiger partial charge in [0.25, 0.3) is 5.91 Å². The van der Waals surface area contributed by atoms with E-state index in [0.29, 0.717) is 18.8 Å². The second-order valence-corrected chi connectivity index (χ2v) is 7.16. The minimum Gasteiger partial charge on any atom is -0.484 e. The van der Waals surface area contributed by atoms with Crippen LogP contribution >= 0.6 is 11.6 Å². The Morgan fingerprint density at radius 2 is 2.04 bits per heavy atom. The topological polar surface area (TPSA) is 73.1 Å². The van der Waals surface area contributed by atoms with E-state index in [1.807, 2.05) is 7.05 Å². The van der Waals surface area contributed by atoms with Crippen LogP contribution < -0.4 is 4.74 Å². The van der Waals surface area contributed by atoms with Crippen LogP contribution in [0.25, 0.3) is 11.2 Å². The molecule has 2 aromatic heterocycles. The maximum atomic E-state index is 13.2. The first kappa shape index (κ1) is 18.6. The third-order valence-electron chi connectivity index (χ3n) is 4.97. The zero-order valence-electron chi connectivity index (χ0n) is 15.3. The molecule has 1 aliphatic rings. The van der Waals surface area contributed by atoms with Gasteiger partial charge in [-0.1, -0.05) is 11.6 Å². The van der Waals surface area contributed by atoms with E-state index in [2.05, 4.69) is 15.1 Å². The fourth-order valence-corrected chi connectivity index (χ4v) is 3.66. The first-order valence-electron chi connectivity index (χ1n) is 9.02. The molecule has 1 aliphatic heterocycles. The number of aromatic nitrogens is 4. The van der Waals surface area contributed by atoms with Crippen molar-refractivity contribution in [3.8, 4) is 5.75 Å². The summed E-state index contributed by atoms with van der Waals surface area (Å²) < 4.78 is 20.4. The molecular weight excluding hydrogens is 385 g/mol. The van der Waals surface area contributed by atoms with Gasteiger partial charge in [-0.15, -0.1) is 0 Å². The number of hydrogen-bond donors (Lipinski definition) is 0. The van der Waals surface area contributed by atoms with Gasteiger partial charge in [-0.25, -0.2) is 19.0 Å². The molecule has 0 unspecified atom stereocenters. The monoisotopic (exact) mass is 403 g/mol. The molecule has 0 N–H and O–H groups in total. The molecule has 1 aromatic carbocycles. The maximum Gasteiger partial charge on any atom is 0.260 e. The molecule has 28 heavy (non-hydrogen) atoms. The van der Waals surface area contributed by atoms with Crippen molar-refractivity contribution in [2.75, 3.05) is 19.7 Å². The second-order valence-electron chi connectivity index (χ2n) is 6.76. The van der Waals surface area contributed by atoms with Crippen molar-refractivity contribution in [2.45, 2.75) is 18.8 Å². The van der Waals surface area contributed by atoms with Gasteiger partial charge >= 0.3 is 0 Å². The third kappa shape index (κ3) is 3.64. The van der Waals surface area contributed by atoms with E-state index < -0.39 is 5.82 Å². The summed E-state index contributed by atoms with van der Waals surface area (Å²) in [4.78, 5) is 23.0. The summed E-state index contributed by atoms with van der Waals surface area (Å²) in [6.07, 6.45) is 4.93. The van der Waals surface area contributed by atoms with E-state index in [1.54, 1.807) is 22.0 Å². The van der Waals surface area contributed by atoms with Gasteiger partial charge in [-0.2, -0.15) is 5.10 Å². The lowest BCUT2D eigenvalue weighted by molar-refractivity contribution is -0.134. The Kier molecular flexibility index (Phi) is 5.13. The van der Waals surface area contributed by atoms with Crippen LogP contribution in [0.3, 0.4) is 0 Å². The molecule has 0 saturated carbocycles. The second kappa shape index (κ2) is 7.71. The summed E-state index contributed by atoms with van der Waals surface area (Å²) in [6, 6.07) is 4.03. The highest BCUT2D eigenvalue weighted by Crippen LogP contribution is 2.30. The molecule has 4 rings (SSSR count). The van der Waals surface area contributed by atoms with Gasteiger partial charge in [-0.05, 0) is 25.0 Å². The van der Waals surface area contributed by atoms with Crippen molar-refractivity contribution >= 4 is 28.7 Å². The van der Waals surface area contributed by atoms with Crippen molar-refractivity contribution in [1.82, 2.24) is 24.6 Å². The third-order valence-corrected chi connectivity index (χ3v) is 5.26. The molecule has 7 nitrogen and oxygen atoms in total. The first-order chi connectivity index (χ1) is 13.5. The number of carbonyl (C=O) groups excluding carboxylic acids is 1. The molecule has 1 fully saturated rings. The summed E-state index contributed by atoms with van der Waals surface area (Å²) in [6.45, 7) is 1.13. The van der Waals surface area contributed by atoms with Crippen LogP contribution in [0.15, 0.2) is 30.6 Å². The summed E-state index contributed by atoms with van der Waals surface area (Å²) in [5.41, 5.74) is 2.53. The van der Waals surface area contributed by atoms with E-state index in [4.69, 9.17) is 16.3 Å². The highest BCUT2D eigenvalue weighted by atomic mass is 35.5. The molecule has 3 heterocycles. The Bertz CT molecular complexity index is 1020. The standard InChI is InChI=1S/C19H19ClFN5O2/c1-25-19-18(22-6-7-23-19)17(24-25)12-4-8-26(9-5-12)16(27)11-28-13-2-3-15(21)14(20)10-13/h2-3,6-7,10,12H,4-5,8-9,11H2,1H3. The Labute approximate surface area is 166 Å². The van der Waals surface area contributed by atoms with Crippen molar-refractivity contribution in [1.29, 1.82) is 0 Å². The SMILES string of the molecule is Cn1nc(C2CCN(C(=O)COc3ccc(F)c(Cl)c3)CC2)c2nccnc21. The number of aryl methyl sites for hydroxylation is 1. The van der Waals surface area contributed by atoms with E-state index in [9.17, 15) is 9.18 Å². The molecule has 0 bridgehead atoms. The van der Waals surface area contributed by atoms with Crippen LogP contribution in [-0.2, 0) is 11.8 Å². The van der Waals surface area contributed by atoms with Gasteiger partial charge in [0.15, 0.2) is 12.3 Å². The molecule has 1 saturated heterocycles. The summed E-state index contributed by atoms with van der Waals surface area (Å²) in [5, 5.41) is 4.56. The van der Waals surface area contributed by atoms with E-state index in [0.717, 1.165) is 29.7 Å². The van der Waals surface area contributed by atoms with Gasteiger partial charge < -0.3 is 9.64 Å². The van der Waals surface area contributed by atoms with E-state index in [1.165, 1.54) is 18.2 Å². The number of rotatable bonds is 4. The van der Waals surface area contributed by atoms with Crippen LogP contribution in [0, 0.1) is 5.82 Å². The lowest BCUT2D eigenvalue weighted by Gasteiger charge is -2.31. The molecule has 3 aromatic rings. The van der Waals surface area contributed by atoms with Crippen LogP contribution in [0.5, 0.6) is 5.75 Å². The Balaban J connectivity index is 1.35. The smallest absolute Gasteiger partial charge is 0.260 e. The number of halogens is 2. The predicted molar refractivity (Wildman–Crippen MR) is 102 cm³/mol. The minimum absolute atomic E-state index is 0.0311. The van der Waals surface area contributed by atoms with Crippen LogP contribution in [-0.4, -0.2) is 50.3 Å². The summed E-state index contributed by atoms with van der Waals surface area (Å²) in [7, 11) is 1.86. The molecule has 0 spiro atoms. The molecule has 146 valence electrons. The van der Waals surface area contributed by atoms with Crippen LogP contribution in [0.2, 0.25) is 5.02 Å². The van der Waals surface area contributed by atoms with Gasteiger partial charge in [0.05, 0.1) is 10.7 Å². The number of piperidine rings is 1. The van der Waals surface area contributed by atoms with Crippen molar-refractivity contribution in [2.24, 2.45) is 7.05 Å². The number of hydrogen-bond acceptors (Lipinski definition) is 5. The average Bonchev–Trinajstić information content (AvgIpc) is 3.06. The molecule has 0 aliphatic carbocycles. The largest absolute Gasteiger partial charge is 0.484 e. The number of amides is 1. The van der Waals surface area contributed by atoms with Crippen molar-refractivity contribution < 1.29 is 13.9 Å². The number of nitrogens with zero attached hydrogens (tertiary/aromatic N) is 5. The predicted octanol–water partition coefficient (Wildman–Crippen LogP) is 2.94. The first-order valence-corrected chi connectivity index (χ1v) is 9.40. The Morgan fingerprint density at radius 3 is 2.79 bits per heavy atom. The fourth-order valence-electron chi connectivity index (χ4n) is 3.48. The molecule has 0 radical (unpaired) electrons. The fraction of sp³-hybridized carbons (Fsp3) is 0.368. The normalized spacial score (nSPS) is 15.2. The Hall–Kier alpha value is -2.74. The molecular formula is C19H19ClFN5O2. The molecule has 1 amide bonds. The van der Waals surface area contributed by atoms with E-state index >= 15 is 0 Å². The van der Waals surface area contributed by atoms with Crippen molar-refractivity contribution in [3.63, 3.8) is 0 Å². The van der Waals surface area contributed by atoms with Gasteiger partial charge in [0.2, 0.25) is 0 Å². The van der Waals surface area contributed by atoms with Crippen LogP contribution in [0.4, 0.5) is 4.39 Å². The number of benzene rings is 1. The van der Waals surface area contributed by atoms with Crippen LogP contribution in [0.1, 0.15) is 24.5 Å². The lowest BCUT2D eigenvalue weighted by Crippen LogP contribution is -2.40. The van der Waals surface area contributed by atoms with Gasteiger partial charge in [0, 0.05) is 44.5 Å². The maximum absolute atomic E-state index is 13.2. The minimum atomic E-state index is -0.519. The van der Waals surface area contributed by atoms with E-state index in [-0.39, 0.29) is 23.5 Å². The van der Waals surface area contributed by atoms with Gasteiger partial charge in [0.1, 0.15) is 17.1 Å². The number of ether oxygens (including phenoxy) is 1. The number of fused-ring (bicyclic) bond motifs is 1. The summed E-state index contributed by atoms with van der Waals surface area (Å²) in [5.74, 6) is -0.0202. The highest BCUT2D eigenvalue weighted by molar-refractivity contribution is 6.30.